The molecule has 0 saturated heterocycles. The van der Waals surface area contributed by atoms with Crippen LogP contribution in [0.2, 0.25) is 0 Å². The Kier molecular flexibility index (Phi) is 4.53. The SMILES string of the molecule is NCC1(C(=O)NCc2ccc(F)cc2)CCCCC1. The van der Waals surface area contributed by atoms with Gasteiger partial charge < -0.3 is 11.1 Å². The second kappa shape index (κ2) is 6.15. The summed E-state index contributed by atoms with van der Waals surface area (Å²) in [5.74, 6) is -0.222. The average molecular weight is 264 g/mol. The predicted octanol–water partition coefficient (Wildman–Crippen LogP) is 2.35. The molecule has 0 aromatic heterocycles. The van der Waals surface area contributed by atoms with Crippen LogP contribution in [-0.4, -0.2) is 12.5 Å². The number of hydrogen-bond acceptors (Lipinski definition) is 2. The number of halogens is 1. The fourth-order valence-corrected chi connectivity index (χ4v) is 2.72. The topological polar surface area (TPSA) is 55.1 Å². The lowest BCUT2D eigenvalue weighted by atomic mass is 9.73. The molecular weight excluding hydrogens is 243 g/mol. The first-order valence-corrected chi connectivity index (χ1v) is 6.89. The molecule has 2 rings (SSSR count). The lowest BCUT2D eigenvalue weighted by Crippen LogP contribution is -2.46. The summed E-state index contributed by atoms with van der Waals surface area (Å²) >= 11 is 0. The Bertz CT molecular complexity index is 424. The van der Waals surface area contributed by atoms with Crippen LogP contribution in [0.3, 0.4) is 0 Å². The summed E-state index contributed by atoms with van der Waals surface area (Å²) in [6, 6.07) is 6.18. The van der Waals surface area contributed by atoms with Crippen molar-refractivity contribution in [3.8, 4) is 0 Å². The normalized spacial score (nSPS) is 18.0. The van der Waals surface area contributed by atoms with E-state index in [4.69, 9.17) is 5.73 Å². The van der Waals surface area contributed by atoms with E-state index in [1.54, 1.807) is 12.1 Å². The number of amides is 1. The van der Waals surface area contributed by atoms with Crippen molar-refractivity contribution in [2.45, 2.75) is 38.6 Å². The molecule has 1 saturated carbocycles. The van der Waals surface area contributed by atoms with Gasteiger partial charge in [0.15, 0.2) is 0 Å². The van der Waals surface area contributed by atoms with Gasteiger partial charge in [0.25, 0.3) is 0 Å². The molecule has 19 heavy (non-hydrogen) atoms. The molecular formula is C15H21FN2O. The summed E-state index contributed by atoms with van der Waals surface area (Å²) in [6.07, 6.45) is 5.08. The van der Waals surface area contributed by atoms with E-state index in [0.29, 0.717) is 13.1 Å². The molecule has 1 aliphatic carbocycles. The van der Waals surface area contributed by atoms with Crippen molar-refractivity contribution >= 4 is 5.91 Å². The van der Waals surface area contributed by atoms with Crippen molar-refractivity contribution in [1.29, 1.82) is 0 Å². The van der Waals surface area contributed by atoms with Crippen LogP contribution in [0.15, 0.2) is 24.3 Å². The monoisotopic (exact) mass is 264 g/mol. The van der Waals surface area contributed by atoms with E-state index >= 15 is 0 Å². The van der Waals surface area contributed by atoms with Crippen LogP contribution in [-0.2, 0) is 11.3 Å². The molecule has 1 amide bonds. The molecule has 104 valence electrons. The van der Waals surface area contributed by atoms with Crippen molar-refractivity contribution in [2.75, 3.05) is 6.54 Å². The van der Waals surface area contributed by atoms with Crippen LogP contribution in [0.4, 0.5) is 4.39 Å². The Morgan fingerprint density at radius 1 is 1.21 bits per heavy atom. The van der Waals surface area contributed by atoms with Gasteiger partial charge in [0.05, 0.1) is 5.41 Å². The summed E-state index contributed by atoms with van der Waals surface area (Å²) in [5.41, 5.74) is 6.33. The third-order valence-electron chi connectivity index (χ3n) is 4.05. The van der Waals surface area contributed by atoms with Gasteiger partial charge in [-0.2, -0.15) is 0 Å². The maximum Gasteiger partial charge on any atom is 0.227 e. The Morgan fingerprint density at radius 3 is 2.42 bits per heavy atom. The molecule has 1 aromatic carbocycles. The van der Waals surface area contributed by atoms with Crippen molar-refractivity contribution in [3.05, 3.63) is 35.6 Å². The van der Waals surface area contributed by atoms with Gasteiger partial charge in [0.2, 0.25) is 5.91 Å². The minimum absolute atomic E-state index is 0.0408. The standard InChI is InChI=1S/C15H21FN2O/c16-13-6-4-12(5-7-13)10-18-14(19)15(11-17)8-2-1-3-9-15/h4-7H,1-3,8-11,17H2,(H,18,19). The Morgan fingerprint density at radius 2 is 1.84 bits per heavy atom. The van der Waals surface area contributed by atoms with Crippen molar-refractivity contribution < 1.29 is 9.18 Å². The average Bonchev–Trinajstić information content (AvgIpc) is 2.47. The molecule has 0 aliphatic heterocycles. The second-order valence-corrected chi connectivity index (χ2v) is 5.35. The number of hydrogen-bond donors (Lipinski definition) is 2. The van der Waals surface area contributed by atoms with E-state index < -0.39 is 5.41 Å². The number of nitrogens with one attached hydrogen (secondary N) is 1. The highest BCUT2D eigenvalue weighted by Crippen LogP contribution is 2.35. The zero-order valence-electron chi connectivity index (χ0n) is 11.1. The van der Waals surface area contributed by atoms with Gasteiger partial charge in [-0.25, -0.2) is 4.39 Å². The first-order valence-electron chi connectivity index (χ1n) is 6.89. The smallest absolute Gasteiger partial charge is 0.227 e. The maximum atomic E-state index is 12.8. The molecule has 3 N–H and O–H groups in total. The molecule has 0 unspecified atom stereocenters. The highest BCUT2D eigenvalue weighted by molar-refractivity contribution is 5.83. The van der Waals surface area contributed by atoms with Gasteiger partial charge in [-0.05, 0) is 30.5 Å². The Labute approximate surface area is 113 Å². The third kappa shape index (κ3) is 3.32. The zero-order chi connectivity index (χ0) is 13.7. The van der Waals surface area contributed by atoms with Gasteiger partial charge in [0.1, 0.15) is 5.82 Å². The fourth-order valence-electron chi connectivity index (χ4n) is 2.72. The number of benzene rings is 1. The minimum Gasteiger partial charge on any atom is -0.352 e. The number of carbonyl (C=O) groups excluding carboxylic acids is 1. The molecule has 1 fully saturated rings. The summed E-state index contributed by atoms with van der Waals surface area (Å²) < 4.78 is 12.8. The van der Waals surface area contributed by atoms with Gasteiger partial charge in [-0.1, -0.05) is 31.4 Å². The summed E-state index contributed by atoms with van der Waals surface area (Å²) in [6.45, 7) is 0.836. The van der Waals surface area contributed by atoms with Crippen molar-refractivity contribution in [2.24, 2.45) is 11.1 Å². The van der Waals surface area contributed by atoms with E-state index in [-0.39, 0.29) is 11.7 Å². The Balaban J connectivity index is 1.94. The molecule has 0 radical (unpaired) electrons. The number of nitrogens with two attached hydrogens (primary N) is 1. The van der Waals surface area contributed by atoms with Crippen LogP contribution in [0.5, 0.6) is 0 Å². The predicted molar refractivity (Wildman–Crippen MR) is 72.8 cm³/mol. The highest BCUT2D eigenvalue weighted by atomic mass is 19.1. The molecule has 0 heterocycles. The van der Waals surface area contributed by atoms with Crippen LogP contribution in [0.1, 0.15) is 37.7 Å². The van der Waals surface area contributed by atoms with Crippen molar-refractivity contribution in [1.82, 2.24) is 5.32 Å². The van der Waals surface area contributed by atoms with Gasteiger partial charge in [-0.15, -0.1) is 0 Å². The number of carbonyl (C=O) groups is 1. The third-order valence-corrected chi connectivity index (χ3v) is 4.05. The fraction of sp³-hybridized carbons (Fsp3) is 0.533. The van der Waals surface area contributed by atoms with Crippen LogP contribution >= 0.6 is 0 Å². The van der Waals surface area contributed by atoms with Crippen LogP contribution in [0, 0.1) is 11.2 Å². The summed E-state index contributed by atoms with van der Waals surface area (Å²) in [7, 11) is 0. The molecule has 1 aromatic rings. The molecule has 0 bridgehead atoms. The summed E-state index contributed by atoms with van der Waals surface area (Å²) in [4.78, 5) is 12.3. The molecule has 1 aliphatic rings. The van der Waals surface area contributed by atoms with Crippen LogP contribution < -0.4 is 11.1 Å². The first-order chi connectivity index (χ1) is 9.16. The molecule has 4 heteroatoms. The quantitative estimate of drug-likeness (QED) is 0.877. The molecule has 3 nitrogen and oxygen atoms in total. The van der Waals surface area contributed by atoms with E-state index in [1.807, 2.05) is 0 Å². The van der Waals surface area contributed by atoms with Gasteiger partial charge in [0, 0.05) is 13.1 Å². The maximum absolute atomic E-state index is 12.8. The van der Waals surface area contributed by atoms with E-state index in [9.17, 15) is 9.18 Å². The van der Waals surface area contributed by atoms with Crippen molar-refractivity contribution in [3.63, 3.8) is 0 Å². The number of rotatable bonds is 4. The summed E-state index contributed by atoms with van der Waals surface area (Å²) in [5, 5.41) is 2.94. The lowest BCUT2D eigenvalue weighted by Gasteiger charge is -2.34. The van der Waals surface area contributed by atoms with Gasteiger partial charge in [-0.3, -0.25) is 4.79 Å². The lowest BCUT2D eigenvalue weighted by molar-refractivity contribution is -0.132. The van der Waals surface area contributed by atoms with Gasteiger partial charge >= 0.3 is 0 Å². The first kappa shape index (κ1) is 14.0. The van der Waals surface area contributed by atoms with E-state index in [2.05, 4.69) is 5.32 Å². The molecule has 0 atom stereocenters. The largest absolute Gasteiger partial charge is 0.352 e. The zero-order valence-corrected chi connectivity index (χ0v) is 11.1. The Hall–Kier alpha value is -1.42. The van der Waals surface area contributed by atoms with E-state index in [0.717, 1.165) is 31.2 Å². The van der Waals surface area contributed by atoms with Crippen LogP contribution in [0.25, 0.3) is 0 Å². The molecule has 0 spiro atoms. The van der Waals surface area contributed by atoms with E-state index in [1.165, 1.54) is 18.6 Å². The second-order valence-electron chi connectivity index (χ2n) is 5.35. The highest BCUT2D eigenvalue weighted by Gasteiger charge is 2.37. The minimum atomic E-state index is -0.391.